The van der Waals surface area contributed by atoms with Gasteiger partial charge in [-0.1, -0.05) is 65.7 Å². The summed E-state index contributed by atoms with van der Waals surface area (Å²) in [5.41, 5.74) is 1.28. The number of pyridine rings is 1. The molecule has 0 aliphatic carbocycles. The van der Waals surface area contributed by atoms with Crippen LogP contribution in [0, 0.1) is 0 Å². The van der Waals surface area contributed by atoms with E-state index < -0.39 is 28.4 Å². The molecule has 38 heavy (non-hydrogen) atoms. The Morgan fingerprint density at radius 2 is 1.61 bits per heavy atom. The first-order chi connectivity index (χ1) is 18.3. The van der Waals surface area contributed by atoms with E-state index in [1.54, 1.807) is 60.9 Å². The van der Waals surface area contributed by atoms with Crippen LogP contribution in [0.15, 0.2) is 102 Å². The van der Waals surface area contributed by atoms with Crippen LogP contribution in [0.4, 0.5) is 11.4 Å². The summed E-state index contributed by atoms with van der Waals surface area (Å²) in [5, 5.41) is 5.56. The van der Waals surface area contributed by atoms with E-state index in [4.69, 9.17) is 23.2 Å². The van der Waals surface area contributed by atoms with Gasteiger partial charge in [0.05, 0.1) is 31.9 Å². The van der Waals surface area contributed by atoms with Crippen molar-refractivity contribution in [1.29, 1.82) is 0 Å². The number of hydrogen-bond donors (Lipinski definition) is 2. The lowest BCUT2D eigenvalue weighted by Crippen LogP contribution is -2.38. The lowest BCUT2D eigenvalue weighted by molar-refractivity contribution is -0.114. The van der Waals surface area contributed by atoms with E-state index in [0.717, 1.165) is 9.87 Å². The zero-order valence-corrected chi connectivity index (χ0v) is 22.2. The minimum atomic E-state index is -4.20. The summed E-state index contributed by atoms with van der Waals surface area (Å²) in [6, 6.07) is 22.2. The second-order valence-corrected chi connectivity index (χ2v) is 10.7. The fraction of sp³-hybridized carbons (Fsp3) is 0.0741. The average molecular weight is 569 g/mol. The SMILES string of the molecule is O=C(CN(c1cccc(Cl)c1Cl)S(=O)(=O)c1ccccc1)Nc1ccccc1C(=O)NCc1cccnc1. The van der Waals surface area contributed by atoms with Gasteiger partial charge < -0.3 is 10.6 Å². The minimum absolute atomic E-state index is 0.0170. The third-order valence-electron chi connectivity index (χ3n) is 5.44. The van der Waals surface area contributed by atoms with Crippen LogP contribution in [0.3, 0.4) is 0 Å². The molecule has 0 unspecified atom stereocenters. The van der Waals surface area contributed by atoms with Gasteiger partial charge in [0.1, 0.15) is 6.54 Å². The van der Waals surface area contributed by atoms with Crippen LogP contribution < -0.4 is 14.9 Å². The number of aromatic nitrogens is 1. The second-order valence-electron chi connectivity index (χ2n) is 8.04. The number of nitrogens with zero attached hydrogens (tertiary/aromatic N) is 2. The highest BCUT2D eigenvalue weighted by molar-refractivity contribution is 7.92. The van der Waals surface area contributed by atoms with Crippen molar-refractivity contribution in [2.75, 3.05) is 16.2 Å². The Bertz CT molecular complexity index is 1550. The van der Waals surface area contributed by atoms with Gasteiger partial charge in [-0.3, -0.25) is 18.9 Å². The maximum absolute atomic E-state index is 13.6. The molecular formula is C27H22Cl2N4O4S. The molecule has 0 aliphatic rings. The Balaban J connectivity index is 1.59. The van der Waals surface area contributed by atoms with E-state index in [9.17, 15) is 18.0 Å². The average Bonchev–Trinajstić information content (AvgIpc) is 2.93. The lowest BCUT2D eigenvalue weighted by atomic mass is 10.1. The molecule has 1 heterocycles. The summed E-state index contributed by atoms with van der Waals surface area (Å²) in [4.78, 5) is 30.1. The molecule has 4 rings (SSSR count). The number of anilines is 2. The van der Waals surface area contributed by atoms with Crippen molar-refractivity contribution in [2.24, 2.45) is 0 Å². The lowest BCUT2D eigenvalue weighted by Gasteiger charge is -2.25. The minimum Gasteiger partial charge on any atom is -0.348 e. The van der Waals surface area contributed by atoms with Crippen molar-refractivity contribution < 1.29 is 18.0 Å². The molecule has 0 atom stereocenters. The molecule has 194 valence electrons. The molecule has 8 nitrogen and oxygen atoms in total. The van der Waals surface area contributed by atoms with Gasteiger partial charge in [0.25, 0.3) is 15.9 Å². The molecule has 0 saturated heterocycles. The van der Waals surface area contributed by atoms with Gasteiger partial charge in [-0.2, -0.15) is 0 Å². The number of sulfonamides is 1. The summed E-state index contributed by atoms with van der Waals surface area (Å²) in [6.07, 6.45) is 3.27. The number of rotatable bonds is 9. The highest BCUT2D eigenvalue weighted by atomic mass is 35.5. The van der Waals surface area contributed by atoms with Crippen LogP contribution in [0.5, 0.6) is 0 Å². The summed E-state index contributed by atoms with van der Waals surface area (Å²) in [6.45, 7) is -0.381. The number of para-hydroxylation sites is 1. The van der Waals surface area contributed by atoms with Gasteiger partial charge in [0.2, 0.25) is 5.91 Å². The zero-order chi connectivity index (χ0) is 27.1. The number of carbonyl (C=O) groups is 2. The molecule has 11 heteroatoms. The summed E-state index contributed by atoms with van der Waals surface area (Å²) in [7, 11) is -4.20. The van der Waals surface area contributed by atoms with Gasteiger partial charge in [0.15, 0.2) is 0 Å². The van der Waals surface area contributed by atoms with Crippen LogP contribution in [-0.2, 0) is 21.4 Å². The molecule has 2 amide bonds. The topological polar surface area (TPSA) is 108 Å². The first-order valence-electron chi connectivity index (χ1n) is 11.3. The fourth-order valence-corrected chi connectivity index (χ4v) is 5.50. The Morgan fingerprint density at radius 1 is 0.868 bits per heavy atom. The van der Waals surface area contributed by atoms with Crippen molar-refractivity contribution in [3.63, 3.8) is 0 Å². The second kappa shape index (κ2) is 12.1. The van der Waals surface area contributed by atoms with E-state index in [-0.39, 0.29) is 38.4 Å². The van der Waals surface area contributed by atoms with Gasteiger partial charge in [-0.05, 0) is 48.0 Å². The smallest absolute Gasteiger partial charge is 0.264 e. The predicted octanol–water partition coefficient (Wildman–Crippen LogP) is 5.15. The molecule has 0 aliphatic heterocycles. The number of amides is 2. The molecule has 0 bridgehead atoms. The van der Waals surface area contributed by atoms with Gasteiger partial charge in [-0.15, -0.1) is 0 Å². The van der Waals surface area contributed by atoms with Crippen LogP contribution in [0.1, 0.15) is 15.9 Å². The molecule has 0 spiro atoms. The van der Waals surface area contributed by atoms with Crippen molar-refractivity contribution in [3.8, 4) is 0 Å². The fourth-order valence-electron chi connectivity index (χ4n) is 3.59. The molecule has 2 N–H and O–H groups in total. The first kappa shape index (κ1) is 27.1. The van der Waals surface area contributed by atoms with E-state index >= 15 is 0 Å². The van der Waals surface area contributed by atoms with Gasteiger partial charge in [0, 0.05) is 18.9 Å². The van der Waals surface area contributed by atoms with Crippen LogP contribution in [-0.4, -0.2) is 31.8 Å². The van der Waals surface area contributed by atoms with Gasteiger partial charge >= 0.3 is 0 Å². The third-order valence-corrected chi connectivity index (χ3v) is 8.02. The van der Waals surface area contributed by atoms with Gasteiger partial charge in [-0.25, -0.2) is 8.42 Å². The van der Waals surface area contributed by atoms with E-state index in [1.807, 2.05) is 6.07 Å². The highest BCUT2D eigenvalue weighted by Crippen LogP contribution is 2.35. The molecule has 1 aromatic heterocycles. The van der Waals surface area contributed by atoms with Crippen LogP contribution >= 0.6 is 23.2 Å². The number of halogens is 2. The summed E-state index contributed by atoms with van der Waals surface area (Å²) >= 11 is 12.5. The third kappa shape index (κ3) is 6.31. The quantitative estimate of drug-likeness (QED) is 0.290. The summed E-state index contributed by atoms with van der Waals surface area (Å²) < 4.78 is 28.0. The van der Waals surface area contributed by atoms with E-state index in [2.05, 4.69) is 15.6 Å². The van der Waals surface area contributed by atoms with Crippen LogP contribution in [0.25, 0.3) is 0 Å². The summed E-state index contributed by atoms with van der Waals surface area (Å²) in [5.74, 6) is -1.11. The first-order valence-corrected chi connectivity index (χ1v) is 13.5. The molecule has 0 saturated carbocycles. The number of benzene rings is 3. The van der Waals surface area contributed by atoms with Crippen LogP contribution in [0.2, 0.25) is 10.0 Å². The maximum atomic E-state index is 13.6. The molecule has 0 radical (unpaired) electrons. The maximum Gasteiger partial charge on any atom is 0.264 e. The Morgan fingerprint density at radius 3 is 2.34 bits per heavy atom. The normalized spacial score (nSPS) is 11.0. The Kier molecular flexibility index (Phi) is 8.62. The predicted molar refractivity (Wildman–Crippen MR) is 148 cm³/mol. The van der Waals surface area contributed by atoms with Crippen molar-refractivity contribution >= 4 is 56.4 Å². The standard InChI is InChI=1S/C27H22Cl2N4O4S/c28-22-12-6-14-24(26(22)29)33(38(36,37)20-9-2-1-3-10-20)18-25(34)32-23-13-5-4-11-21(23)27(35)31-17-19-8-7-15-30-16-19/h1-16H,17-18H2,(H,31,35)(H,32,34). The number of hydrogen-bond acceptors (Lipinski definition) is 5. The van der Waals surface area contributed by atoms with Crippen molar-refractivity contribution in [1.82, 2.24) is 10.3 Å². The Labute approximate surface area is 230 Å². The monoisotopic (exact) mass is 568 g/mol. The van der Waals surface area contributed by atoms with E-state index in [1.165, 1.54) is 30.3 Å². The largest absolute Gasteiger partial charge is 0.348 e. The molecule has 0 fully saturated rings. The molecular weight excluding hydrogens is 547 g/mol. The zero-order valence-electron chi connectivity index (χ0n) is 19.8. The Hall–Kier alpha value is -3.92. The molecule has 3 aromatic carbocycles. The number of carbonyl (C=O) groups excluding carboxylic acids is 2. The number of nitrogens with one attached hydrogen (secondary N) is 2. The molecule has 4 aromatic rings. The highest BCUT2D eigenvalue weighted by Gasteiger charge is 2.29. The van der Waals surface area contributed by atoms with Crippen molar-refractivity contribution in [3.05, 3.63) is 118 Å². The van der Waals surface area contributed by atoms with Crippen molar-refractivity contribution in [2.45, 2.75) is 11.4 Å². The van der Waals surface area contributed by atoms with E-state index in [0.29, 0.717) is 0 Å².